The number of anilines is 1. The SMILES string of the molecule is Cc1ccc(NC(=O)c2ccc(CSc3nccn3C)o2)cc1. The summed E-state index contributed by atoms with van der Waals surface area (Å²) < 4.78 is 7.55. The molecular formula is C17H17N3O2S. The molecule has 0 saturated heterocycles. The van der Waals surface area contributed by atoms with Gasteiger partial charge in [0.2, 0.25) is 0 Å². The van der Waals surface area contributed by atoms with Crippen molar-refractivity contribution in [1.82, 2.24) is 9.55 Å². The third-order valence-corrected chi connectivity index (χ3v) is 4.40. The lowest BCUT2D eigenvalue weighted by Crippen LogP contribution is -2.10. The summed E-state index contributed by atoms with van der Waals surface area (Å²) in [5.74, 6) is 1.43. The number of amides is 1. The zero-order valence-corrected chi connectivity index (χ0v) is 13.8. The van der Waals surface area contributed by atoms with E-state index in [9.17, 15) is 4.79 Å². The highest BCUT2D eigenvalue weighted by molar-refractivity contribution is 7.98. The maximum Gasteiger partial charge on any atom is 0.291 e. The van der Waals surface area contributed by atoms with E-state index in [0.29, 0.717) is 11.5 Å². The molecule has 3 aromatic rings. The van der Waals surface area contributed by atoms with Crippen molar-refractivity contribution < 1.29 is 9.21 Å². The maximum absolute atomic E-state index is 12.2. The molecule has 0 aliphatic rings. The van der Waals surface area contributed by atoms with Crippen LogP contribution < -0.4 is 5.32 Å². The Balaban J connectivity index is 1.60. The molecule has 0 unspecified atom stereocenters. The Hall–Kier alpha value is -2.47. The van der Waals surface area contributed by atoms with Crippen LogP contribution in [0.25, 0.3) is 0 Å². The van der Waals surface area contributed by atoms with Crippen molar-refractivity contribution in [3.63, 3.8) is 0 Å². The van der Waals surface area contributed by atoms with Gasteiger partial charge in [-0.2, -0.15) is 0 Å². The summed E-state index contributed by atoms with van der Waals surface area (Å²) in [5, 5.41) is 3.73. The van der Waals surface area contributed by atoms with Crippen LogP contribution in [-0.4, -0.2) is 15.5 Å². The quantitative estimate of drug-likeness (QED) is 0.723. The first-order valence-electron chi connectivity index (χ1n) is 7.18. The van der Waals surface area contributed by atoms with E-state index < -0.39 is 0 Å². The number of rotatable bonds is 5. The van der Waals surface area contributed by atoms with Gasteiger partial charge >= 0.3 is 0 Å². The van der Waals surface area contributed by atoms with Crippen molar-refractivity contribution in [2.24, 2.45) is 7.05 Å². The molecule has 1 aromatic carbocycles. The second-order valence-electron chi connectivity index (χ2n) is 5.20. The predicted octanol–water partition coefficient (Wildman–Crippen LogP) is 3.87. The van der Waals surface area contributed by atoms with E-state index in [1.807, 2.05) is 55.1 Å². The zero-order valence-electron chi connectivity index (χ0n) is 12.9. The number of thioether (sulfide) groups is 1. The van der Waals surface area contributed by atoms with Crippen LogP contribution in [0.2, 0.25) is 0 Å². The Morgan fingerprint density at radius 2 is 2.04 bits per heavy atom. The fourth-order valence-electron chi connectivity index (χ4n) is 2.03. The summed E-state index contributed by atoms with van der Waals surface area (Å²) in [6.45, 7) is 2.00. The lowest BCUT2D eigenvalue weighted by atomic mass is 10.2. The largest absolute Gasteiger partial charge is 0.455 e. The van der Waals surface area contributed by atoms with Crippen LogP contribution in [0.4, 0.5) is 5.69 Å². The molecule has 1 amide bonds. The number of carbonyl (C=O) groups excluding carboxylic acids is 1. The standard InChI is InChI=1S/C17H17N3O2S/c1-12-3-5-13(6-4-12)19-16(21)15-8-7-14(22-15)11-23-17-18-9-10-20(17)2/h3-10H,11H2,1-2H3,(H,19,21). The van der Waals surface area contributed by atoms with Crippen molar-refractivity contribution >= 4 is 23.4 Å². The van der Waals surface area contributed by atoms with Gasteiger partial charge < -0.3 is 14.3 Å². The van der Waals surface area contributed by atoms with Gasteiger partial charge in [-0.1, -0.05) is 29.5 Å². The molecule has 0 bridgehead atoms. The number of furan rings is 1. The summed E-state index contributed by atoms with van der Waals surface area (Å²) >= 11 is 1.56. The molecule has 0 spiro atoms. The fraction of sp³-hybridized carbons (Fsp3) is 0.176. The summed E-state index contributed by atoms with van der Waals surface area (Å²) in [6.07, 6.45) is 3.65. The summed E-state index contributed by atoms with van der Waals surface area (Å²) in [5.41, 5.74) is 1.90. The number of benzene rings is 1. The Bertz CT molecular complexity index is 805. The van der Waals surface area contributed by atoms with E-state index in [1.54, 1.807) is 24.0 Å². The normalized spacial score (nSPS) is 10.7. The van der Waals surface area contributed by atoms with E-state index in [4.69, 9.17) is 4.42 Å². The number of nitrogens with one attached hydrogen (secondary N) is 1. The summed E-state index contributed by atoms with van der Waals surface area (Å²) in [4.78, 5) is 16.4. The molecule has 2 aromatic heterocycles. The molecular weight excluding hydrogens is 310 g/mol. The van der Waals surface area contributed by atoms with Gasteiger partial charge in [0.15, 0.2) is 10.9 Å². The average molecular weight is 327 g/mol. The van der Waals surface area contributed by atoms with E-state index in [-0.39, 0.29) is 5.91 Å². The molecule has 0 fully saturated rings. The fourth-order valence-corrected chi connectivity index (χ4v) is 2.86. The lowest BCUT2D eigenvalue weighted by molar-refractivity contribution is 0.0995. The van der Waals surface area contributed by atoms with E-state index in [1.165, 1.54) is 0 Å². The minimum Gasteiger partial charge on any atom is -0.455 e. The summed E-state index contributed by atoms with van der Waals surface area (Å²) in [6, 6.07) is 11.2. The van der Waals surface area contributed by atoms with Gasteiger partial charge in [0.05, 0.1) is 5.75 Å². The smallest absolute Gasteiger partial charge is 0.291 e. The monoisotopic (exact) mass is 327 g/mol. The molecule has 23 heavy (non-hydrogen) atoms. The number of aryl methyl sites for hydroxylation is 2. The Morgan fingerprint density at radius 3 is 2.74 bits per heavy atom. The van der Waals surface area contributed by atoms with Gasteiger partial charge in [-0.05, 0) is 31.2 Å². The van der Waals surface area contributed by atoms with E-state index in [0.717, 1.165) is 22.2 Å². The number of hydrogen-bond acceptors (Lipinski definition) is 4. The number of imidazole rings is 1. The van der Waals surface area contributed by atoms with Gasteiger partial charge in [-0.3, -0.25) is 4.79 Å². The van der Waals surface area contributed by atoms with E-state index in [2.05, 4.69) is 10.3 Å². The molecule has 0 atom stereocenters. The number of carbonyl (C=O) groups is 1. The van der Waals surface area contributed by atoms with Crippen LogP contribution in [0.15, 0.2) is 58.4 Å². The minimum absolute atomic E-state index is 0.248. The second-order valence-corrected chi connectivity index (χ2v) is 6.14. The molecule has 0 saturated carbocycles. The van der Waals surface area contributed by atoms with Gasteiger partial charge in [0.25, 0.3) is 5.91 Å². The summed E-state index contributed by atoms with van der Waals surface area (Å²) in [7, 11) is 1.94. The molecule has 0 aliphatic heterocycles. The topological polar surface area (TPSA) is 60.1 Å². The predicted molar refractivity (Wildman–Crippen MR) is 90.6 cm³/mol. The van der Waals surface area contributed by atoms with Crippen molar-refractivity contribution in [2.75, 3.05) is 5.32 Å². The number of nitrogens with zero attached hydrogens (tertiary/aromatic N) is 2. The molecule has 2 heterocycles. The highest BCUT2D eigenvalue weighted by Crippen LogP contribution is 2.22. The molecule has 0 radical (unpaired) electrons. The average Bonchev–Trinajstić information content (AvgIpc) is 3.16. The van der Waals surface area contributed by atoms with Crippen molar-refractivity contribution in [2.45, 2.75) is 17.8 Å². The number of aromatic nitrogens is 2. The number of hydrogen-bond donors (Lipinski definition) is 1. The van der Waals surface area contributed by atoms with E-state index >= 15 is 0 Å². The first-order valence-corrected chi connectivity index (χ1v) is 8.17. The zero-order chi connectivity index (χ0) is 16.2. The van der Waals surface area contributed by atoms with Crippen LogP contribution in [0, 0.1) is 6.92 Å². The van der Waals surface area contributed by atoms with Gasteiger partial charge in [-0.15, -0.1) is 0 Å². The molecule has 3 rings (SSSR count). The van der Waals surface area contributed by atoms with Gasteiger partial charge in [0.1, 0.15) is 5.76 Å². The molecule has 5 nitrogen and oxygen atoms in total. The molecule has 1 N–H and O–H groups in total. The Kier molecular flexibility index (Phi) is 4.52. The maximum atomic E-state index is 12.2. The van der Waals surface area contributed by atoms with Crippen LogP contribution in [0.5, 0.6) is 0 Å². The van der Waals surface area contributed by atoms with Crippen LogP contribution >= 0.6 is 11.8 Å². The Morgan fingerprint density at radius 1 is 1.26 bits per heavy atom. The first-order chi connectivity index (χ1) is 11.1. The third-order valence-electron chi connectivity index (χ3n) is 3.32. The van der Waals surface area contributed by atoms with Gasteiger partial charge in [0, 0.05) is 25.1 Å². The molecule has 118 valence electrons. The van der Waals surface area contributed by atoms with Crippen LogP contribution in [0.3, 0.4) is 0 Å². The first kappa shape index (κ1) is 15.4. The second kappa shape index (κ2) is 6.75. The van der Waals surface area contributed by atoms with Crippen LogP contribution in [0.1, 0.15) is 21.9 Å². The molecule has 0 aliphatic carbocycles. The lowest BCUT2D eigenvalue weighted by Gasteiger charge is -2.03. The van der Waals surface area contributed by atoms with Crippen molar-refractivity contribution in [3.8, 4) is 0 Å². The minimum atomic E-state index is -0.248. The van der Waals surface area contributed by atoms with Crippen molar-refractivity contribution in [1.29, 1.82) is 0 Å². The highest BCUT2D eigenvalue weighted by Gasteiger charge is 2.12. The van der Waals surface area contributed by atoms with Crippen LogP contribution in [-0.2, 0) is 12.8 Å². The van der Waals surface area contributed by atoms with Gasteiger partial charge in [-0.25, -0.2) is 4.98 Å². The Labute approximate surface area is 138 Å². The highest BCUT2D eigenvalue weighted by atomic mass is 32.2. The van der Waals surface area contributed by atoms with Crippen molar-refractivity contribution in [3.05, 3.63) is 65.9 Å². The molecule has 6 heteroatoms. The third kappa shape index (κ3) is 3.84.